The number of fused-ring (bicyclic) bond motifs is 1. The average molecular weight is 428 g/mol. The van der Waals surface area contributed by atoms with Crippen molar-refractivity contribution in [1.29, 1.82) is 0 Å². The van der Waals surface area contributed by atoms with Gasteiger partial charge in [-0.3, -0.25) is 0 Å². The molecule has 3 heterocycles. The number of pyridine rings is 1. The van der Waals surface area contributed by atoms with E-state index in [9.17, 15) is 4.57 Å². The Morgan fingerprint density at radius 3 is 2.86 bits per heavy atom. The third-order valence-corrected chi connectivity index (χ3v) is 6.77. The summed E-state index contributed by atoms with van der Waals surface area (Å²) in [5, 5.41) is 4.70. The van der Waals surface area contributed by atoms with Crippen LogP contribution >= 0.6 is 18.7 Å². The van der Waals surface area contributed by atoms with E-state index < -0.39 is 7.14 Å². The SMILES string of the molecule is CP(C)(=O)c1cccc(-c2cnc3c(n2)N(Cc2cccnc2Cl)CCCN3)c1. The predicted octanol–water partition coefficient (Wildman–Crippen LogP) is 4.26. The molecule has 0 atom stereocenters. The van der Waals surface area contributed by atoms with E-state index in [-0.39, 0.29) is 0 Å². The van der Waals surface area contributed by atoms with Gasteiger partial charge in [0.05, 0.1) is 11.9 Å². The number of nitrogens with one attached hydrogen (secondary N) is 1. The molecule has 6 nitrogen and oxygen atoms in total. The average Bonchev–Trinajstić information content (AvgIpc) is 2.91. The molecule has 150 valence electrons. The van der Waals surface area contributed by atoms with Crippen LogP contribution in [-0.4, -0.2) is 41.4 Å². The van der Waals surface area contributed by atoms with Gasteiger partial charge in [-0.1, -0.05) is 35.9 Å². The second-order valence-corrected chi connectivity index (χ2v) is 11.1. The fraction of sp³-hybridized carbons (Fsp3) is 0.286. The van der Waals surface area contributed by atoms with Gasteiger partial charge in [0.1, 0.15) is 12.3 Å². The number of nitrogens with zero attached hydrogens (tertiary/aromatic N) is 4. The zero-order valence-corrected chi connectivity index (χ0v) is 18.1. The molecule has 3 aromatic rings. The number of hydrogen-bond acceptors (Lipinski definition) is 6. The molecule has 4 rings (SSSR count). The van der Waals surface area contributed by atoms with Gasteiger partial charge in [-0.05, 0) is 31.9 Å². The molecule has 0 fully saturated rings. The maximum absolute atomic E-state index is 12.5. The van der Waals surface area contributed by atoms with Crippen molar-refractivity contribution in [2.45, 2.75) is 13.0 Å². The molecule has 0 spiro atoms. The molecule has 0 saturated carbocycles. The van der Waals surface area contributed by atoms with Crippen LogP contribution in [0.1, 0.15) is 12.0 Å². The van der Waals surface area contributed by atoms with Crippen LogP contribution in [0.25, 0.3) is 11.3 Å². The van der Waals surface area contributed by atoms with E-state index >= 15 is 0 Å². The van der Waals surface area contributed by atoms with E-state index in [2.05, 4.69) is 20.2 Å². The molecular formula is C21H23ClN5OP. The topological polar surface area (TPSA) is 71.0 Å². The van der Waals surface area contributed by atoms with Gasteiger partial charge in [0.2, 0.25) is 0 Å². The standard InChI is InChI=1S/C21H23ClN5OP/c1-29(2,28)17-8-3-6-15(12-17)18-13-25-20-21(26-18)27(11-5-10-24-20)14-16-7-4-9-23-19(16)22/h3-4,6-9,12-13H,5,10-11,14H2,1-2H3,(H,24,25). The molecule has 0 saturated heterocycles. The van der Waals surface area contributed by atoms with Crippen LogP contribution in [0.2, 0.25) is 5.15 Å². The van der Waals surface area contributed by atoms with Gasteiger partial charge >= 0.3 is 0 Å². The first-order chi connectivity index (χ1) is 13.9. The predicted molar refractivity (Wildman–Crippen MR) is 120 cm³/mol. The van der Waals surface area contributed by atoms with Crippen molar-refractivity contribution in [3.63, 3.8) is 0 Å². The van der Waals surface area contributed by atoms with Crippen molar-refractivity contribution < 1.29 is 4.57 Å². The van der Waals surface area contributed by atoms with Gasteiger partial charge in [-0.25, -0.2) is 15.0 Å². The normalized spacial score (nSPS) is 14.1. The van der Waals surface area contributed by atoms with Crippen molar-refractivity contribution in [1.82, 2.24) is 15.0 Å². The minimum Gasteiger partial charge on any atom is -0.367 e. The summed E-state index contributed by atoms with van der Waals surface area (Å²) >= 11 is 6.28. The first-order valence-corrected chi connectivity index (χ1v) is 12.5. The summed E-state index contributed by atoms with van der Waals surface area (Å²) in [6.45, 7) is 5.83. The summed E-state index contributed by atoms with van der Waals surface area (Å²) in [6.07, 6.45) is 4.42. The number of aromatic nitrogens is 3. The van der Waals surface area contributed by atoms with E-state index in [0.29, 0.717) is 11.7 Å². The Morgan fingerprint density at radius 1 is 1.21 bits per heavy atom. The van der Waals surface area contributed by atoms with Crippen LogP contribution in [0.15, 0.2) is 48.8 Å². The summed E-state index contributed by atoms with van der Waals surface area (Å²) < 4.78 is 12.5. The van der Waals surface area contributed by atoms with E-state index in [1.54, 1.807) is 25.7 Å². The van der Waals surface area contributed by atoms with Crippen LogP contribution in [0.5, 0.6) is 0 Å². The summed E-state index contributed by atoms with van der Waals surface area (Å²) in [7, 11) is -2.35. The zero-order valence-electron chi connectivity index (χ0n) is 16.5. The minimum atomic E-state index is -2.35. The van der Waals surface area contributed by atoms with Crippen molar-refractivity contribution in [2.75, 3.05) is 36.6 Å². The highest BCUT2D eigenvalue weighted by molar-refractivity contribution is 7.70. The van der Waals surface area contributed by atoms with Crippen LogP contribution in [0.3, 0.4) is 0 Å². The Bertz CT molecular complexity index is 1080. The Labute approximate surface area is 175 Å². The highest BCUT2D eigenvalue weighted by atomic mass is 35.5. The first-order valence-electron chi connectivity index (χ1n) is 9.53. The number of benzene rings is 1. The van der Waals surface area contributed by atoms with Crippen LogP contribution in [0, 0.1) is 0 Å². The minimum absolute atomic E-state index is 0.504. The molecule has 0 aliphatic carbocycles. The largest absolute Gasteiger partial charge is 0.367 e. The molecular weight excluding hydrogens is 405 g/mol. The molecule has 1 N–H and O–H groups in total. The van der Waals surface area contributed by atoms with E-state index in [0.717, 1.165) is 53.3 Å². The third-order valence-electron chi connectivity index (χ3n) is 4.91. The fourth-order valence-electron chi connectivity index (χ4n) is 3.34. The Morgan fingerprint density at radius 2 is 2.07 bits per heavy atom. The second-order valence-electron chi connectivity index (χ2n) is 7.48. The third kappa shape index (κ3) is 4.44. The lowest BCUT2D eigenvalue weighted by molar-refractivity contribution is 0.588. The number of rotatable bonds is 4. The zero-order chi connectivity index (χ0) is 20.4. The Balaban J connectivity index is 1.73. The summed E-state index contributed by atoms with van der Waals surface area (Å²) in [5.74, 6) is 1.56. The van der Waals surface area contributed by atoms with Gasteiger partial charge in [-0.2, -0.15) is 0 Å². The molecule has 0 amide bonds. The summed E-state index contributed by atoms with van der Waals surface area (Å²) in [6, 6.07) is 11.6. The summed E-state index contributed by atoms with van der Waals surface area (Å²) in [4.78, 5) is 15.9. The number of halogens is 1. The van der Waals surface area contributed by atoms with Crippen LogP contribution < -0.4 is 15.5 Å². The molecule has 29 heavy (non-hydrogen) atoms. The highest BCUT2D eigenvalue weighted by Gasteiger charge is 2.21. The molecule has 0 radical (unpaired) electrons. The molecule has 0 bridgehead atoms. The monoisotopic (exact) mass is 427 g/mol. The highest BCUT2D eigenvalue weighted by Crippen LogP contribution is 2.36. The second kappa shape index (κ2) is 8.13. The maximum atomic E-state index is 12.5. The van der Waals surface area contributed by atoms with Gasteiger partial charge in [0, 0.05) is 42.3 Å². The van der Waals surface area contributed by atoms with E-state index in [4.69, 9.17) is 16.6 Å². The Hall–Kier alpha value is -2.43. The van der Waals surface area contributed by atoms with Gasteiger partial charge in [0.25, 0.3) is 0 Å². The fourth-order valence-corrected chi connectivity index (χ4v) is 4.42. The molecule has 1 aliphatic heterocycles. The van der Waals surface area contributed by atoms with Crippen molar-refractivity contribution in [3.05, 3.63) is 59.5 Å². The van der Waals surface area contributed by atoms with Gasteiger partial charge in [-0.15, -0.1) is 0 Å². The first kappa shape index (κ1) is 19.9. The van der Waals surface area contributed by atoms with Crippen molar-refractivity contribution >= 4 is 35.7 Å². The van der Waals surface area contributed by atoms with Crippen LogP contribution in [0.4, 0.5) is 11.6 Å². The number of anilines is 2. The molecule has 2 aromatic heterocycles. The Kier molecular flexibility index (Phi) is 5.57. The lowest BCUT2D eigenvalue weighted by Gasteiger charge is -2.23. The lowest BCUT2D eigenvalue weighted by Crippen LogP contribution is -2.25. The van der Waals surface area contributed by atoms with E-state index in [1.807, 2.05) is 36.4 Å². The maximum Gasteiger partial charge on any atom is 0.172 e. The number of hydrogen-bond donors (Lipinski definition) is 1. The molecule has 1 aliphatic rings. The smallest absolute Gasteiger partial charge is 0.172 e. The quantitative estimate of drug-likeness (QED) is 0.495. The molecule has 0 unspecified atom stereocenters. The van der Waals surface area contributed by atoms with Crippen LogP contribution in [-0.2, 0) is 11.1 Å². The van der Waals surface area contributed by atoms with E-state index in [1.165, 1.54) is 0 Å². The van der Waals surface area contributed by atoms with Crippen molar-refractivity contribution in [2.24, 2.45) is 0 Å². The molecule has 8 heteroatoms. The lowest BCUT2D eigenvalue weighted by atomic mass is 10.1. The van der Waals surface area contributed by atoms with Gasteiger partial charge in [0.15, 0.2) is 11.6 Å². The molecule has 1 aromatic carbocycles. The van der Waals surface area contributed by atoms with Gasteiger partial charge < -0.3 is 14.8 Å². The van der Waals surface area contributed by atoms with Crippen molar-refractivity contribution in [3.8, 4) is 11.3 Å². The summed E-state index contributed by atoms with van der Waals surface area (Å²) in [5.41, 5.74) is 2.62.